The topological polar surface area (TPSA) is 79.9 Å². The lowest BCUT2D eigenvalue weighted by Gasteiger charge is -2.09. The van der Waals surface area contributed by atoms with Crippen molar-refractivity contribution in [2.24, 2.45) is 0 Å². The zero-order valence-corrected chi connectivity index (χ0v) is 16.2. The third-order valence-corrected chi connectivity index (χ3v) is 4.64. The van der Waals surface area contributed by atoms with Gasteiger partial charge in [-0.1, -0.05) is 42.5 Å². The fourth-order valence-corrected chi connectivity index (χ4v) is 3.22. The fraction of sp³-hybridized carbons (Fsp3) is 0.174. The molecule has 0 unspecified atom stereocenters. The summed E-state index contributed by atoms with van der Waals surface area (Å²) in [5.74, 6) is 1.20. The zero-order chi connectivity index (χ0) is 20.1. The van der Waals surface area contributed by atoms with Gasteiger partial charge in [0, 0.05) is 12.7 Å². The van der Waals surface area contributed by atoms with Gasteiger partial charge in [0.25, 0.3) is 5.56 Å². The van der Waals surface area contributed by atoms with E-state index in [9.17, 15) is 4.79 Å². The van der Waals surface area contributed by atoms with Crippen molar-refractivity contribution in [1.29, 1.82) is 0 Å². The van der Waals surface area contributed by atoms with Crippen molar-refractivity contribution in [2.45, 2.75) is 19.6 Å². The molecule has 0 fully saturated rings. The lowest BCUT2D eigenvalue weighted by atomic mass is 10.1. The molecule has 0 spiro atoms. The first kappa shape index (κ1) is 18.8. The van der Waals surface area contributed by atoms with Gasteiger partial charge in [0.2, 0.25) is 0 Å². The van der Waals surface area contributed by atoms with E-state index in [1.54, 1.807) is 12.3 Å². The highest BCUT2D eigenvalue weighted by atomic mass is 16.5. The lowest BCUT2D eigenvalue weighted by molar-refractivity contribution is 0.296. The first-order valence-electron chi connectivity index (χ1n) is 9.50. The van der Waals surface area contributed by atoms with Gasteiger partial charge in [-0.25, -0.2) is 4.98 Å². The van der Waals surface area contributed by atoms with Crippen LogP contribution in [0, 0.1) is 0 Å². The summed E-state index contributed by atoms with van der Waals surface area (Å²) in [4.78, 5) is 24.1. The van der Waals surface area contributed by atoms with E-state index in [4.69, 9.17) is 4.74 Å². The first-order valence-corrected chi connectivity index (χ1v) is 9.50. The molecule has 4 rings (SSSR count). The van der Waals surface area contributed by atoms with Gasteiger partial charge < -0.3 is 15.0 Å². The molecule has 0 aliphatic carbocycles. The minimum absolute atomic E-state index is 0.178. The number of H-pyrrole nitrogens is 1. The second kappa shape index (κ2) is 8.67. The Labute approximate surface area is 168 Å². The largest absolute Gasteiger partial charge is 0.486 e. The van der Waals surface area contributed by atoms with Gasteiger partial charge >= 0.3 is 0 Å². The molecule has 0 saturated carbocycles. The van der Waals surface area contributed by atoms with Crippen LogP contribution in [0.5, 0.6) is 5.75 Å². The molecule has 29 heavy (non-hydrogen) atoms. The third-order valence-electron chi connectivity index (χ3n) is 4.64. The maximum Gasteiger partial charge on any atom is 0.258 e. The molecule has 0 atom stereocenters. The molecule has 0 amide bonds. The van der Waals surface area contributed by atoms with Gasteiger partial charge in [-0.05, 0) is 42.8 Å². The highest BCUT2D eigenvalue weighted by Crippen LogP contribution is 2.17. The lowest BCUT2D eigenvalue weighted by Crippen LogP contribution is -2.16. The second-order valence-corrected chi connectivity index (χ2v) is 6.79. The highest BCUT2D eigenvalue weighted by Gasteiger charge is 2.09. The monoisotopic (exact) mass is 386 g/mol. The summed E-state index contributed by atoms with van der Waals surface area (Å²) < 4.78 is 5.83. The maximum atomic E-state index is 12.4. The molecule has 2 N–H and O–H groups in total. The van der Waals surface area contributed by atoms with Crippen molar-refractivity contribution in [2.75, 3.05) is 7.05 Å². The Balaban J connectivity index is 1.48. The number of benzene rings is 2. The third kappa shape index (κ3) is 4.50. The van der Waals surface area contributed by atoms with E-state index in [1.807, 2.05) is 49.5 Å². The van der Waals surface area contributed by atoms with Crippen LogP contribution in [-0.4, -0.2) is 22.0 Å². The van der Waals surface area contributed by atoms with Gasteiger partial charge in [-0.3, -0.25) is 9.78 Å². The number of nitrogens with zero attached hydrogens (tertiary/aromatic N) is 2. The fourth-order valence-electron chi connectivity index (χ4n) is 3.22. The van der Waals surface area contributed by atoms with Crippen LogP contribution in [0.4, 0.5) is 0 Å². The second-order valence-electron chi connectivity index (χ2n) is 6.79. The summed E-state index contributed by atoms with van der Waals surface area (Å²) in [5, 5.41) is 3.58. The van der Waals surface area contributed by atoms with Crippen LogP contribution in [0.25, 0.3) is 10.9 Å². The van der Waals surface area contributed by atoms with Crippen LogP contribution >= 0.6 is 0 Å². The van der Waals surface area contributed by atoms with Crippen LogP contribution in [0.3, 0.4) is 0 Å². The van der Waals surface area contributed by atoms with Crippen molar-refractivity contribution in [3.63, 3.8) is 0 Å². The number of hydrogen-bond donors (Lipinski definition) is 2. The average molecular weight is 386 g/mol. The SMILES string of the molecule is CNCc1nccc2c(=O)[nH]c(COc3ccc(Cc4ccccc4)cc3)nc12. The van der Waals surface area contributed by atoms with E-state index in [0.29, 0.717) is 23.3 Å². The van der Waals surface area contributed by atoms with Crippen molar-refractivity contribution in [1.82, 2.24) is 20.3 Å². The molecule has 0 aliphatic heterocycles. The van der Waals surface area contributed by atoms with Crippen LogP contribution in [-0.2, 0) is 19.6 Å². The number of nitrogens with one attached hydrogen (secondary N) is 2. The number of aromatic amines is 1. The number of aromatic nitrogens is 3. The summed E-state index contributed by atoms with van der Waals surface area (Å²) >= 11 is 0. The van der Waals surface area contributed by atoms with Crippen LogP contribution in [0.2, 0.25) is 0 Å². The Morgan fingerprint density at radius 1 is 1.00 bits per heavy atom. The number of fused-ring (bicyclic) bond motifs is 1. The summed E-state index contributed by atoms with van der Waals surface area (Å²) in [6.07, 6.45) is 2.50. The molecular weight excluding hydrogens is 364 g/mol. The Kier molecular flexibility index (Phi) is 5.63. The van der Waals surface area contributed by atoms with Crippen molar-refractivity contribution in [3.05, 3.63) is 99.9 Å². The molecular formula is C23H22N4O2. The molecule has 2 heterocycles. The molecule has 0 radical (unpaired) electrons. The normalized spacial score (nSPS) is 10.9. The van der Waals surface area contributed by atoms with E-state index in [1.165, 1.54) is 11.1 Å². The zero-order valence-electron chi connectivity index (χ0n) is 16.2. The number of ether oxygens (including phenoxy) is 1. The van der Waals surface area contributed by atoms with Gasteiger partial charge in [0.1, 0.15) is 23.7 Å². The van der Waals surface area contributed by atoms with Crippen molar-refractivity contribution in [3.8, 4) is 5.75 Å². The van der Waals surface area contributed by atoms with Gasteiger partial charge in [0.05, 0.1) is 11.1 Å². The number of hydrogen-bond acceptors (Lipinski definition) is 5. The number of pyridine rings is 1. The molecule has 0 saturated heterocycles. The predicted octanol–water partition coefficient (Wildman–Crippen LogP) is 3.21. The Hall–Kier alpha value is -3.51. The molecule has 6 nitrogen and oxygen atoms in total. The van der Waals surface area contributed by atoms with Crippen molar-refractivity contribution < 1.29 is 4.74 Å². The van der Waals surface area contributed by atoms with E-state index >= 15 is 0 Å². The first-order chi connectivity index (χ1) is 14.2. The molecule has 4 aromatic rings. The summed E-state index contributed by atoms with van der Waals surface area (Å²) in [6.45, 7) is 0.716. The Bertz CT molecular complexity index is 1160. The van der Waals surface area contributed by atoms with E-state index in [0.717, 1.165) is 17.9 Å². The highest BCUT2D eigenvalue weighted by molar-refractivity contribution is 5.79. The standard InChI is InChI=1S/C23H22N4O2/c1-24-14-20-22-19(11-12-25-20)23(28)27-21(26-22)15-29-18-9-7-17(8-10-18)13-16-5-3-2-4-6-16/h2-12,24H,13-15H2,1H3,(H,26,27,28). The van der Waals surface area contributed by atoms with E-state index < -0.39 is 0 Å². The molecule has 146 valence electrons. The van der Waals surface area contributed by atoms with Crippen molar-refractivity contribution >= 4 is 10.9 Å². The molecule has 6 heteroatoms. The van der Waals surface area contributed by atoms with Gasteiger partial charge in [0.15, 0.2) is 0 Å². The average Bonchev–Trinajstić information content (AvgIpc) is 2.75. The minimum Gasteiger partial charge on any atom is -0.486 e. The molecule has 2 aromatic heterocycles. The number of rotatable bonds is 7. The Morgan fingerprint density at radius 3 is 2.52 bits per heavy atom. The summed E-state index contributed by atoms with van der Waals surface area (Å²) in [5.41, 5.74) is 3.63. The molecule has 0 bridgehead atoms. The molecule has 0 aliphatic rings. The quantitative estimate of drug-likeness (QED) is 0.510. The van der Waals surface area contributed by atoms with Crippen LogP contribution in [0.15, 0.2) is 71.7 Å². The van der Waals surface area contributed by atoms with Gasteiger partial charge in [-0.15, -0.1) is 0 Å². The molecule has 2 aromatic carbocycles. The van der Waals surface area contributed by atoms with E-state index in [-0.39, 0.29) is 12.2 Å². The Morgan fingerprint density at radius 2 is 1.76 bits per heavy atom. The van der Waals surface area contributed by atoms with Crippen LogP contribution < -0.4 is 15.6 Å². The van der Waals surface area contributed by atoms with Crippen LogP contribution in [0.1, 0.15) is 22.6 Å². The van der Waals surface area contributed by atoms with E-state index in [2.05, 4.69) is 32.4 Å². The maximum absolute atomic E-state index is 12.4. The van der Waals surface area contributed by atoms with Gasteiger partial charge in [-0.2, -0.15) is 0 Å². The predicted molar refractivity (Wildman–Crippen MR) is 113 cm³/mol. The summed E-state index contributed by atoms with van der Waals surface area (Å²) in [7, 11) is 1.83. The minimum atomic E-state index is -0.188. The smallest absolute Gasteiger partial charge is 0.258 e. The summed E-state index contributed by atoms with van der Waals surface area (Å²) in [6, 6.07) is 20.0.